The average Bonchev–Trinajstić information content (AvgIpc) is 3.50. The van der Waals surface area contributed by atoms with Crippen molar-refractivity contribution in [1.82, 2.24) is 14.5 Å². The first-order valence-corrected chi connectivity index (χ1v) is 14.9. The van der Waals surface area contributed by atoms with Crippen molar-refractivity contribution >= 4 is 33.6 Å². The quantitative estimate of drug-likeness (QED) is 0.499. The highest BCUT2D eigenvalue weighted by atomic mass is 35.5. The van der Waals surface area contributed by atoms with E-state index in [4.69, 9.17) is 25.8 Å². The summed E-state index contributed by atoms with van der Waals surface area (Å²) in [6.45, 7) is 5.33. The summed E-state index contributed by atoms with van der Waals surface area (Å²) in [5.74, 6) is -0.0116. The minimum atomic E-state index is -3.86. The molecular formula is C28H31ClFN3O7S. The van der Waals surface area contributed by atoms with Crippen molar-refractivity contribution in [2.75, 3.05) is 45.9 Å². The molecule has 2 aromatic carbocycles. The molecule has 13 heteroatoms. The van der Waals surface area contributed by atoms with Crippen LogP contribution in [0.1, 0.15) is 26.3 Å². The maximum absolute atomic E-state index is 16.7. The van der Waals surface area contributed by atoms with E-state index in [0.29, 0.717) is 24.7 Å². The van der Waals surface area contributed by atoms with Crippen LogP contribution in [-0.4, -0.2) is 81.2 Å². The lowest BCUT2D eigenvalue weighted by molar-refractivity contribution is -0.143. The highest BCUT2D eigenvalue weighted by Gasteiger charge is 2.47. The predicted octanol–water partition coefficient (Wildman–Crippen LogP) is 3.64. The Labute approximate surface area is 243 Å². The average molecular weight is 608 g/mol. The van der Waals surface area contributed by atoms with E-state index in [2.05, 4.69) is 5.32 Å². The first-order valence-electron chi connectivity index (χ1n) is 13.1. The minimum absolute atomic E-state index is 0.0130. The van der Waals surface area contributed by atoms with Crippen LogP contribution in [-0.2, 0) is 25.2 Å². The summed E-state index contributed by atoms with van der Waals surface area (Å²) >= 11 is 6.10. The van der Waals surface area contributed by atoms with Gasteiger partial charge in [0.1, 0.15) is 18.8 Å². The molecule has 3 aliphatic heterocycles. The minimum Gasteiger partial charge on any atom is -0.486 e. The van der Waals surface area contributed by atoms with E-state index in [1.807, 2.05) is 0 Å². The van der Waals surface area contributed by atoms with Crippen LogP contribution in [0.2, 0.25) is 5.02 Å². The Balaban J connectivity index is 1.30. The van der Waals surface area contributed by atoms with Crippen molar-refractivity contribution in [1.29, 1.82) is 0 Å². The van der Waals surface area contributed by atoms with Gasteiger partial charge in [0.15, 0.2) is 11.5 Å². The molecule has 5 rings (SSSR count). The molecule has 0 aromatic heterocycles. The predicted molar refractivity (Wildman–Crippen MR) is 148 cm³/mol. The molecule has 0 bridgehead atoms. The van der Waals surface area contributed by atoms with Gasteiger partial charge in [-0.2, -0.15) is 4.31 Å². The van der Waals surface area contributed by atoms with Gasteiger partial charge >= 0.3 is 6.09 Å². The Kier molecular flexibility index (Phi) is 7.68. The number of halogens is 2. The number of benzene rings is 2. The number of carbonyl (C=O) groups excluding carboxylic acids is 2. The number of rotatable bonds is 6. The van der Waals surface area contributed by atoms with Crippen molar-refractivity contribution in [3.63, 3.8) is 0 Å². The second-order valence-corrected chi connectivity index (χ2v) is 13.5. The highest BCUT2D eigenvalue weighted by Crippen LogP contribution is 2.37. The van der Waals surface area contributed by atoms with Gasteiger partial charge in [-0.05, 0) is 56.2 Å². The van der Waals surface area contributed by atoms with E-state index in [-0.39, 0.29) is 41.7 Å². The lowest BCUT2D eigenvalue weighted by Crippen LogP contribution is -2.51. The zero-order chi connectivity index (χ0) is 29.6. The molecule has 3 heterocycles. The molecule has 0 radical (unpaired) electrons. The molecule has 2 aromatic rings. The van der Waals surface area contributed by atoms with Gasteiger partial charge in [-0.25, -0.2) is 17.6 Å². The lowest BCUT2D eigenvalue weighted by atomic mass is 9.93. The lowest BCUT2D eigenvalue weighted by Gasteiger charge is -2.31. The highest BCUT2D eigenvalue weighted by molar-refractivity contribution is 7.89. The third-order valence-corrected chi connectivity index (χ3v) is 8.96. The standard InChI is InChI=1S/C28H31ClFN3O7S/c1-27(2,3)40-26(35)31-17-28(30,20-5-4-6-21(29)11-20)25(34)32-13-18-15-33(16-19(18)14-32)41(36,37)22-7-8-23-24(12-22)39-10-9-38-23/h4-8,11-12H,9-10,13-17H2,1-3H3,(H,31,35). The topological polar surface area (TPSA) is 114 Å². The molecule has 41 heavy (non-hydrogen) atoms. The normalized spacial score (nSPS) is 18.6. The Morgan fingerprint density at radius 3 is 2.29 bits per heavy atom. The van der Waals surface area contributed by atoms with Crippen LogP contribution in [0.5, 0.6) is 11.5 Å². The van der Waals surface area contributed by atoms with Gasteiger partial charge in [-0.1, -0.05) is 23.7 Å². The molecule has 0 saturated heterocycles. The van der Waals surface area contributed by atoms with Crippen molar-refractivity contribution < 1.29 is 36.6 Å². The zero-order valence-electron chi connectivity index (χ0n) is 22.9. The molecule has 1 atom stereocenters. The number of nitrogens with one attached hydrogen (secondary N) is 1. The first kappa shape index (κ1) is 29.2. The van der Waals surface area contributed by atoms with Crippen LogP contribution >= 0.6 is 11.6 Å². The largest absolute Gasteiger partial charge is 0.486 e. The van der Waals surface area contributed by atoms with Crippen molar-refractivity contribution in [3.05, 3.63) is 64.2 Å². The van der Waals surface area contributed by atoms with Gasteiger partial charge in [-0.15, -0.1) is 0 Å². The molecule has 220 valence electrons. The van der Waals surface area contributed by atoms with E-state index < -0.39 is 39.8 Å². The van der Waals surface area contributed by atoms with E-state index in [9.17, 15) is 18.0 Å². The van der Waals surface area contributed by atoms with E-state index in [1.54, 1.807) is 32.9 Å². The molecule has 10 nitrogen and oxygen atoms in total. The number of carbonyl (C=O) groups is 2. The van der Waals surface area contributed by atoms with Crippen LogP contribution in [0.4, 0.5) is 9.18 Å². The molecule has 0 saturated carbocycles. The number of alkyl halides is 1. The number of amides is 2. The Bertz CT molecular complexity index is 1510. The summed E-state index contributed by atoms with van der Waals surface area (Å²) < 4.78 is 61.0. The fraction of sp³-hybridized carbons (Fsp3) is 0.429. The van der Waals surface area contributed by atoms with Crippen LogP contribution < -0.4 is 14.8 Å². The van der Waals surface area contributed by atoms with Crippen LogP contribution in [0, 0.1) is 0 Å². The van der Waals surface area contributed by atoms with Gasteiger partial charge in [-0.3, -0.25) is 4.79 Å². The van der Waals surface area contributed by atoms with Crippen molar-refractivity contribution in [2.45, 2.75) is 36.9 Å². The van der Waals surface area contributed by atoms with Gasteiger partial charge < -0.3 is 24.4 Å². The molecule has 3 aliphatic rings. The summed E-state index contributed by atoms with van der Waals surface area (Å²) in [7, 11) is -3.86. The molecule has 1 unspecified atom stereocenters. The summed E-state index contributed by atoms with van der Waals surface area (Å²) in [5.41, 5.74) is -2.00. The number of nitrogens with zero attached hydrogens (tertiary/aromatic N) is 2. The number of ether oxygens (including phenoxy) is 3. The van der Waals surface area contributed by atoms with E-state index in [1.165, 1.54) is 39.5 Å². The Morgan fingerprint density at radius 2 is 1.66 bits per heavy atom. The Hall–Kier alpha value is -3.35. The monoisotopic (exact) mass is 607 g/mol. The summed E-state index contributed by atoms with van der Waals surface area (Å²) in [6.07, 6.45) is -0.864. The first-order chi connectivity index (χ1) is 19.3. The van der Waals surface area contributed by atoms with E-state index in [0.717, 1.165) is 11.1 Å². The molecule has 2 amide bonds. The fourth-order valence-corrected chi connectivity index (χ4v) is 6.62. The second kappa shape index (κ2) is 10.8. The smallest absolute Gasteiger partial charge is 0.407 e. The Morgan fingerprint density at radius 1 is 1.00 bits per heavy atom. The van der Waals surface area contributed by atoms with Crippen LogP contribution in [0.25, 0.3) is 0 Å². The van der Waals surface area contributed by atoms with E-state index >= 15 is 4.39 Å². The number of sulfonamides is 1. The van der Waals surface area contributed by atoms with Gasteiger partial charge in [0.25, 0.3) is 5.91 Å². The number of hydrogen-bond donors (Lipinski definition) is 1. The molecule has 1 N–H and O–H groups in total. The zero-order valence-corrected chi connectivity index (χ0v) is 24.5. The second-order valence-electron chi connectivity index (χ2n) is 11.1. The van der Waals surface area contributed by atoms with Crippen LogP contribution in [0.3, 0.4) is 0 Å². The van der Waals surface area contributed by atoms with Crippen LogP contribution in [0.15, 0.2) is 58.5 Å². The third-order valence-electron chi connectivity index (χ3n) is 6.93. The maximum Gasteiger partial charge on any atom is 0.407 e. The number of hydrogen-bond acceptors (Lipinski definition) is 7. The summed E-state index contributed by atoms with van der Waals surface area (Å²) in [6, 6.07) is 10.3. The number of fused-ring (bicyclic) bond motifs is 1. The molecule has 0 aliphatic carbocycles. The SMILES string of the molecule is CC(C)(C)OC(=O)NCC(F)(C(=O)N1CC2=C(C1)CN(S(=O)(=O)c1ccc3c(c1)OCCO3)C2)c1cccc(Cl)c1. The molecule has 0 spiro atoms. The van der Waals surface area contributed by atoms with Gasteiger partial charge in [0.05, 0.1) is 11.4 Å². The maximum atomic E-state index is 16.7. The summed E-state index contributed by atoms with van der Waals surface area (Å²) in [5, 5.41) is 2.61. The number of alkyl carbamates (subject to hydrolysis) is 1. The van der Waals surface area contributed by atoms with Crippen molar-refractivity contribution in [3.8, 4) is 11.5 Å². The third kappa shape index (κ3) is 6.00. The van der Waals surface area contributed by atoms with Crippen molar-refractivity contribution in [2.24, 2.45) is 0 Å². The molecule has 0 fully saturated rings. The molecular weight excluding hydrogens is 577 g/mol. The van der Waals surface area contributed by atoms with Gasteiger partial charge in [0.2, 0.25) is 15.7 Å². The summed E-state index contributed by atoms with van der Waals surface area (Å²) in [4.78, 5) is 27.4. The van der Waals surface area contributed by atoms with Gasteiger partial charge in [0, 0.05) is 42.8 Å². The fourth-order valence-electron chi connectivity index (χ4n) is 4.99.